The number of ether oxygens (including phenoxy) is 1. The summed E-state index contributed by atoms with van der Waals surface area (Å²) in [4.78, 5) is 24.5. The van der Waals surface area contributed by atoms with Crippen LogP contribution in [0.15, 0.2) is 12.1 Å². The van der Waals surface area contributed by atoms with E-state index in [0.717, 1.165) is 6.07 Å². The maximum absolute atomic E-state index is 10.8. The molecule has 1 rings (SSSR count). The van der Waals surface area contributed by atoms with Gasteiger partial charge in [-0.05, 0) is 0 Å². The predicted octanol–water partition coefficient (Wildman–Crippen LogP) is 1.23. The number of hydrogen-bond acceptors (Lipinski definition) is 6. The Hall–Kier alpha value is -1.89. The summed E-state index contributed by atoms with van der Waals surface area (Å²) >= 11 is 5.57. The first kappa shape index (κ1) is 12.2. The Morgan fingerprint density at radius 2 is 2.38 bits per heavy atom. The molecule has 0 saturated heterocycles. The fourth-order valence-corrected chi connectivity index (χ4v) is 1.12. The third kappa shape index (κ3) is 3.35. The molecule has 1 aromatic heterocycles. The van der Waals surface area contributed by atoms with E-state index in [1.54, 1.807) is 0 Å². The second kappa shape index (κ2) is 5.26. The third-order valence-corrected chi connectivity index (χ3v) is 1.82. The molecule has 8 heteroatoms. The number of hydrogen-bond donors (Lipinski definition) is 1. The van der Waals surface area contributed by atoms with Crippen LogP contribution in [0.4, 0.5) is 11.5 Å². The average Bonchev–Trinajstić information content (AvgIpc) is 2.25. The molecular weight excluding hydrogens is 238 g/mol. The Bertz CT molecular complexity index is 424. The molecule has 1 N–H and O–H groups in total. The van der Waals surface area contributed by atoms with Crippen molar-refractivity contribution in [2.75, 3.05) is 19.0 Å². The number of methoxy groups -OCH3 is 1. The summed E-state index contributed by atoms with van der Waals surface area (Å²) in [6.45, 7) is -0.138. The van der Waals surface area contributed by atoms with Crippen LogP contribution < -0.4 is 5.32 Å². The summed E-state index contributed by atoms with van der Waals surface area (Å²) in [7, 11) is 1.23. The standard InChI is InChI=1S/C8H8ClN3O4/c1-16-8(13)4-10-7-3-5(12(14)15)2-6(9)11-7/h2-3H,4H2,1H3,(H,10,11). The van der Waals surface area contributed by atoms with E-state index in [1.165, 1.54) is 13.2 Å². The molecule has 0 amide bonds. The van der Waals surface area contributed by atoms with Gasteiger partial charge in [-0.1, -0.05) is 11.6 Å². The first-order valence-corrected chi connectivity index (χ1v) is 4.53. The van der Waals surface area contributed by atoms with Crippen LogP contribution in [0.5, 0.6) is 0 Å². The molecule has 1 aromatic rings. The number of aromatic nitrogens is 1. The lowest BCUT2D eigenvalue weighted by Gasteiger charge is -2.04. The molecule has 0 unspecified atom stereocenters. The largest absolute Gasteiger partial charge is 0.468 e. The maximum Gasteiger partial charge on any atom is 0.325 e. The smallest absolute Gasteiger partial charge is 0.325 e. The minimum Gasteiger partial charge on any atom is -0.468 e. The van der Waals surface area contributed by atoms with Gasteiger partial charge in [0.05, 0.1) is 24.2 Å². The van der Waals surface area contributed by atoms with Gasteiger partial charge in [0, 0.05) is 0 Å². The topological polar surface area (TPSA) is 94.4 Å². The van der Waals surface area contributed by atoms with Gasteiger partial charge in [-0.15, -0.1) is 0 Å². The molecule has 0 aliphatic carbocycles. The first-order chi connectivity index (χ1) is 7.52. The van der Waals surface area contributed by atoms with Crippen LogP contribution in [-0.2, 0) is 9.53 Å². The first-order valence-electron chi connectivity index (χ1n) is 4.15. The zero-order chi connectivity index (χ0) is 12.1. The van der Waals surface area contributed by atoms with Crippen LogP contribution in [0, 0.1) is 10.1 Å². The van der Waals surface area contributed by atoms with E-state index in [-0.39, 0.29) is 23.2 Å². The van der Waals surface area contributed by atoms with Crippen molar-refractivity contribution in [3.63, 3.8) is 0 Å². The van der Waals surface area contributed by atoms with E-state index in [9.17, 15) is 14.9 Å². The van der Waals surface area contributed by atoms with Gasteiger partial charge in [0.1, 0.15) is 17.5 Å². The number of nitrogens with one attached hydrogen (secondary N) is 1. The van der Waals surface area contributed by atoms with Crippen molar-refractivity contribution >= 4 is 29.1 Å². The van der Waals surface area contributed by atoms with Crippen LogP contribution in [0.3, 0.4) is 0 Å². The van der Waals surface area contributed by atoms with Crippen LogP contribution in [0.25, 0.3) is 0 Å². The van der Waals surface area contributed by atoms with Gasteiger partial charge in [-0.3, -0.25) is 14.9 Å². The Morgan fingerprint density at radius 3 is 2.94 bits per heavy atom. The highest BCUT2D eigenvalue weighted by atomic mass is 35.5. The number of nitrogens with zero attached hydrogens (tertiary/aromatic N) is 2. The van der Waals surface area contributed by atoms with Gasteiger partial charge in [-0.25, -0.2) is 4.98 Å². The van der Waals surface area contributed by atoms with Crippen molar-refractivity contribution in [1.82, 2.24) is 4.98 Å². The van der Waals surface area contributed by atoms with E-state index >= 15 is 0 Å². The molecule has 1 heterocycles. The Balaban J connectivity index is 2.80. The van der Waals surface area contributed by atoms with Gasteiger partial charge in [0.15, 0.2) is 0 Å². The molecule has 0 fully saturated rings. The minimum atomic E-state index is -0.600. The molecule has 0 saturated carbocycles. The lowest BCUT2D eigenvalue weighted by Crippen LogP contribution is -2.15. The van der Waals surface area contributed by atoms with E-state index in [1.807, 2.05) is 0 Å². The van der Waals surface area contributed by atoms with Crippen molar-refractivity contribution < 1.29 is 14.5 Å². The van der Waals surface area contributed by atoms with Gasteiger partial charge in [0.25, 0.3) is 5.69 Å². The number of nitro groups is 1. The lowest BCUT2D eigenvalue weighted by molar-refractivity contribution is -0.384. The van der Waals surface area contributed by atoms with Crippen LogP contribution in [-0.4, -0.2) is 29.5 Å². The van der Waals surface area contributed by atoms with Crippen molar-refractivity contribution in [2.24, 2.45) is 0 Å². The van der Waals surface area contributed by atoms with Crippen molar-refractivity contribution in [3.8, 4) is 0 Å². The molecule has 0 radical (unpaired) electrons. The predicted molar refractivity (Wildman–Crippen MR) is 56.4 cm³/mol. The van der Waals surface area contributed by atoms with E-state index in [0.29, 0.717) is 0 Å². The fourth-order valence-electron chi connectivity index (χ4n) is 0.914. The third-order valence-electron chi connectivity index (χ3n) is 1.63. The second-order valence-corrected chi connectivity index (χ2v) is 3.11. The van der Waals surface area contributed by atoms with Gasteiger partial charge >= 0.3 is 5.97 Å². The number of carbonyl (C=O) groups excluding carboxylic acids is 1. The fraction of sp³-hybridized carbons (Fsp3) is 0.250. The van der Waals surface area contributed by atoms with Crippen LogP contribution in [0.2, 0.25) is 5.15 Å². The molecule has 0 aliphatic heterocycles. The molecule has 0 spiro atoms. The number of pyridine rings is 1. The lowest BCUT2D eigenvalue weighted by atomic mass is 10.4. The molecule has 86 valence electrons. The van der Waals surface area contributed by atoms with Crippen LogP contribution in [0.1, 0.15) is 0 Å². The summed E-state index contributed by atoms with van der Waals surface area (Å²) in [6, 6.07) is 2.29. The zero-order valence-electron chi connectivity index (χ0n) is 8.27. The summed E-state index contributed by atoms with van der Waals surface area (Å²) in [6.07, 6.45) is 0. The number of halogens is 1. The molecule has 0 aliphatic rings. The summed E-state index contributed by atoms with van der Waals surface area (Å²) in [5.74, 6) is -0.367. The summed E-state index contributed by atoms with van der Waals surface area (Å²) in [5, 5.41) is 13.0. The Kier molecular flexibility index (Phi) is 4.01. The van der Waals surface area contributed by atoms with E-state index in [2.05, 4.69) is 15.0 Å². The molecule has 7 nitrogen and oxygen atoms in total. The average molecular weight is 246 g/mol. The Morgan fingerprint density at radius 1 is 1.69 bits per heavy atom. The van der Waals surface area contributed by atoms with E-state index < -0.39 is 10.9 Å². The molecule has 0 aromatic carbocycles. The number of carbonyl (C=O) groups is 1. The molecule has 0 bridgehead atoms. The monoisotopic (exact) mass is 245 g/mol. The highest BCUT2D eigenvalue weighted by molar-refractivity contribution is 6.29. The van der Waals surface area contributed by atoms with Gasteiger partial charge in [0.2, 0.25) is 0 Å². The number of anilines is 1. The minimum absolute atomic E-state index is 0.0263. The quantitative estimate of drug-likeness (QED) is 0.371. The normalized spacial score (nSPS) is 9.62. The van der Waals surface area contributed by atoms with Crippen molar-refractivity contribution in [2.45, 2.75) is 0 Å². The SMILES string of the molecule is COC(=O)CNc1cc([N+](=O)[O-])cc(Cl)n1. The summed E-state index contributed by atoms with van der Waals surface area (Å²) < 4.78 is 4.38. The Labute approximate surface area is 95.5 Å². The van der Waals surface area contributed by atoms with Crippen molar-refractivity contribution in [1.29, 1.82) is 0 Å². The number of esters is 1. The van der Waals surface area contributed by atoms with Crippen molar-refractivity contribution in [3.05, 3.63) is 27.4 Å². The zero-order valence-corrected chi connectivity index (χ0v) is 9.02. The highest BCUT2D eigenvalue weighted by Crippen LogP contribution is 2.20. The highest BCUT2D eigenvalue weighted by Gasteiger charge is 2.10. The molecule has 0 atom stereocenters. The summed E-state index contributed by atoms with van der Waals surface area (Å²) in [5.41, 5.74) is -0.202. The van der Waals surface area contributed by atoms with Gasteiger partial charge in [-0.2, -0.15) is 0 Å². The second-order valence-electron chi connectivity index (χ2n) is 2.72. The molecular formula is C8H8ClN3O4. The van der Waals surface area contributed by atoms with E-state index in [4.69, 9.17) is 11.6 Å². The van der Waals surface area contributed by atoms with Gasteiger partial charge < -0.3 is 10.1 Å². The number of rotatable bonds is 4. The maximum atomic E-state index is 10.8. The molecule has 16 heavy (non-hydrogen) atoms. The van der Waals surface area contributed by atoms with Crippen LogP contribution >= 0.6 is 11.6 Å².